The van der Waals surface area contributed by atoms with Gasteiger partial charge in [-0.15, -0.1) is 11.3 Å². The molecule has 2 nitrogen and oxygen atoms in total. The number of hydrogen-bond acceptors (Lipinski definition) is 3. The van der Waals surface area contributed by atoms with E-state index < -0.39 is 0 Å². The van der Waals surface area contributed by atoms with Gasteiger partial charge in [0.05, 0.1) is 5.54 Å². The van der Waals surface area contributed by atoms with Crippen LogP contribution in [0.1, 0.15) is 51.0 Å². The average molecular weight is 238 g/mol. The molecule has 2 rings (SSSR count). The van der Waals surface area contributed by atoms with E-state index in [1.54, 1.807) is 11.3 Å². The van der Waals surface area contributed by atoms with Gasteiger partial charge in [0.1, 0.15) is 5.01 Å². The van der Waals surface area contributed by atoms with Crippen molar-refractivity contribution in [1.29, 1.82) is 0 Å². The molecule has 0 saturated heterocycles. The summed E-state index contributed by atoms with van der Waals surface area (Å²) in [5.74, 6) is 0.757. The first-order valence-corrected chi connectivity index (χ1v) is 7.30. The Hall–Kier alpha value is -0.410. The first-order valence-electron chi connectivity index (χ1n) is 6.42. The Balaban J connectivity index is 2.20. The highest BCUT2D eigenvalue weighted by Crippen LogP contribution is 2.39. The van der Waals surface area contributed by atoms with Crippen LogP contribution in [0.3, 0.4) is 0 Å². The lowest BCUT2D eigenvalue weighted by Gasteiger charge is -2.39. The first kappa shape index (κ1) is 12.1. The molecule has 90 valence electrons. The van der Waals surface area contributed by atoms with Crippen molar-refractivity contribution in [3.05, 3.63) is 16.6 Å². The van der Waals surface area contributed by atoms with Gasteiger partial charge >= 0.3 is 0 Å². The van der Waals surface area contributed by atoms with Gasteiger partial charge in [-0.25, -0.2) is 4.98 Å². The van der Waals surface area contributed by atoms with Crippen LogP contribution in [-0.2, 0) is 5.54 Å². The molecule has 1 atom stereocenters. The number of hydrogen-bond donors (Lipinski definition) is 1. The number of thiazole rings is 1. The minimum atomic E-state index is 0.101. The van der Waals surface area contributed by atoms with Crippen LogP contribution in [0.5, 0.6) is 0 Å². The summed E-state index contributed by atoms with van der Waals surface area (Å²) >= 11 is 1.79. The summed E-state index contributed by atoms with van der Waals surface area (Å²) in [6, 6.07) is 0. The van der Waals surface area contributed by atoms with Gasteiger partial charge in [0.2, 0.25) is 0 Å². The number of nitrogens with one attached hydrogen (secondary N) is 1. The highest BCUT2D eigenvalue weighted by Gasteiger charge is 2.37. The molecule has 0 spiro atoms. The fourth-order valence-corrected chi connectivity index (χ4v) is 3.78. The molecule has 1 aromatic rings. The molecular weight excluding hydrogens is 216 g/mol. The van der Waals surface area contributed by atoms with Crippen LogP contribution in [0.4, 0.5) is 0 Å². The molecule has 0 aromatic carbocycles. The largest absolute Gasteiger partial charge is 0.306 e. The minimum Gasteiger partial charge on any atom is -0.306 e. The smallest absolute Gasteiger partial charge is 0.113 e. The van der Waals surface area contributed by atoms with Crippen LogP contribution >= 0.6 is 11.3 Å². The second kappa shape index (κ2) is 5.28. The standard InChI is InChI=1S/C13H22N2S/c1-3-15-13(2,12-14-9-10-16-12)11-7-5-4-6-8-11/h9-11,15H,3-8H2,1-2H3. The lowest BCUT2D eigenvalue weighted by molar-refractivity contribution is 0.179. The third-order valence-corrected chi connectivity index (χ3v) is 4.85. The van der Waals surface area contributed by atoms with Gasteiger partial charge in [0.15, 0.2) is 0 Å². The van der Waals surface area contributed by atoms with Gasteiger partial charge in [0.25, 0.3) is 0 Å². The fraction of sp³-hybridized carbons (Fsp3) is 0.769. The monoisotopic (exact) mass is 238 g/mol. The number of nitrogens with zero attached hydrogens (tertiary/aromatic N) is 1. The Morgan fingerprint density at radius 2 is 2.19 bits per heavy atom. The van der Waals surface area contributed by atoms with Gasteiger partial charge in [-0.3, -0.25) is 0 Å². The summed E-state index contributed by atoms with van der Waals surface area (Å²) in [5, 5.41) is 7.04. The predicted octanol–water partition coefficient (Wildman–Crippen LogP) is 3.55. The Bertz CT molecular complexity index is 304. The molecule has 0 amide bonds. The molecule has 1 aliphatic rings. The van der Waals surface area contributed by atoms with E-state index in [-0.39, 0.29) is 5.54 Å². The summed E-state index contributed by atoms with van der Waals surface area (Å²) in [5.41, 5.74) is 0.101. The van der Waals surface area contributed by atoms with E-state index in [4.69, 9.17) is 0 Å². The predicted molar refractivity (Wildman–Crippen MR) is 69.7 cm³/mol. The van der Waals surface area contributed by atoms with Crippen molar-refractivity contribution in [2.75, 3.05) is 6.54 Å². The molecule has 1 heterocycles. The Morgan fingerprint density at radius 3 is 2.75 bits per heavy atom. The SMILES string of the molecule is CCNC(C)(c1nccs1)C1CCCCC1. The molecule has 0 aliphatic heterocycles. The van der Waals surface area contributed by atoms with Gasteiger partial charge in [0, 0.05) is 11.6 Å². The number of rotatable bonds is 4. The van der Waals surface area contributed by atoms with E-state index in [9.17, 15) is 0 Å². The molecule has 0 bridgehead atoms. The molecule has 1 fully saturated rings. The van der Waals surface area contributed by atoms with Gasteiger partial charge in [-0.05, 0) is 32.2 Å². The second-order valence-electron chi connectivity index (χ2n) is 4.90. The summed E-state index contributed by atoms with van der Waals surface area (Å²) in [6.45, 7) is 5.55. The second-order valence-corrected chi connectivity index (χ2v) is 5.80. The van der Waals surface area contributed by atoms with Gasteiger partial charge < -0.3 is 5.32 Å². The van der Waals surface area contributed by atoms with Crippen LogP contribution < -0.4 is 5.32 Å². The molecule has 1 N–H and O–H groups in total. The van der Waals surface area contributed by atoms with E-state index in [0.29, 0.717) is 0 Å². The maximum absolute atomic E-state index is 4.54. The van der Waals surface area contributed by atoms with Crippen molar-refractivity contribution in [2.24, 2.45) is 5.92 Å². The van der Waals surface area contributed by atoms with Crippen molar-refractivity contribution in [1.82, 2.24) is 10.3 Å². The highest BCUT2D eigenvalue weighted by molar-refractivity contribution is 7.09. The topological polar surface area (TPSA) is 24.9 Å². The fourth-order valence-electron chi connectivity index (χ4n) is 2.92. The van der Waals surface area contributed by atoms with E-state index in [0.717, 1.165) is 12.5 Å². The summed E-state index contributed by atoms with van der Waals surface area (Å²) in [6.07, 6.45) is 8.81. The maximum atomic E-state index is 4.54. The van der Waals surface area contributed by atoms with Gasteiger partial charge in [-0.1, -0.05) is 26.2 Å². The molecule has 0 radical (unpaired) electrons. The molecule has 1 unspecified atom stereocenters. The molecule has 3 heteroatoms. The number of aromatic nitrogens is 1. The lowest BCUT2D eigenvalue weighted by atomic mass is 9.76. The van der Waals surface area contributed by atoms with E-state index in [2.05, 4.69) is 29.5 Å². The minimum absolute atomic E-state index is 0.101. The van der Waals surface area contributed by atoms with Crippen molar-refractivity contribution >= 4 is 11.3 Å². The van der Waals surface area contributed by atoms with E-state index in [1.165, 1.54) is 37.1 Å². The third kappa shape index (κ3) is 2.30. The summed E-state index contributed by atoms with van der Waals surface area (Å²) in [7, 11) is 0. The van der Waals surface area contributed by atoms with Crippen molar-refractivity contribution < 1.29 is 0 Å². The molecule has 1 saturated carbocycles. The van der Waals surface area contributed by atoms with Gasteiger partial charge in [-0.2, -0.15) is 0 Å². The van der Waals surface area contributed by atoms with E-state index in [1.807, 2.05) is 6.20 Å². The summed E-state index contributed by atoms with van der Waals surface area (Å²) < 4.78 is 0. The van der Waals surface area contributed by atoms with Crippen LogP contribution in [0.2, 0.25) is 0 Å². The van der Waals surface area contributed by atoms with Crippen molar-refractivity contribution in [3.8, 4) is 0 Å². The van der Waals surface area contributed by atoms with Crippen molar-refractivity contribution in [3.63, 3.8) is 0 Å². The zero-order valence-corrected chi connectivity index (χ0v) is 11.1. The zero-order valence-electron chi connectivity index (χ0n) is 10.3. The van der Waals surface area contributed by atoms with Crippen LogP contribution in [-0.4, -0.2) is 11.5 Å². The highest BCUT2D eigenvalue weighted by atomic mass is 32.1. The normalized spacial score (nSPS) is 21.9. The average Bonchev–Trinajstić information content (AvgIpc) is 2.84. The molecule has 1 aromatic heterocycles. The van der Waals surface area contributed by atoms with Crippen LogP contribution in [0.25, 0.3) is 0 Å². The molecule has 1 aliphatic carbocycles. The molecule has 16 heavy (non-hydrogen) atoms. The molecular formula is C13H22N2S. The zero-order chi connectivity index (χ0) is 11.4. The Labute approximate surface area is 102 Å². The van der Waals surface area contributed by atoms with Crippen LogP contribution in [0, 0.1) is 5.92 Å². The lowest BCUT2D eigenvalue weighted by Crippen LogP contribution is -2.46. The summed E-state index contributed by atoms with van der Waals surface area (Å²) in [4.78, 5) is 4.54. The maximum Gasteiger partial charge on any atom is 0.113 e. The van der Waals surface area contributed by atoms with Crippen LogP contribution in [0.15, 0.2) is 11.6 Å². The first-order chi connectivity index (χ1) is 7.77. The van der Waals surface area contributed by atoms with E-state index >= 15 is 0 Å². The van der Waals surface area contributed by atoms with Crippen molar-refractivity contribution in [2.45, 2.75) is 51.5 Å². The Kier molecular flexibility index (Phi) is 3.98. The third-order valence-electron chi connectivity index (χ3n) is 3.84. The quantitative estimate of drug-likeness (QED) is 0.867. The Morgan fingerprint density at radius 1 is 1.44 bits per heavy atom.